The van der Waals surface area contributed by atoms with E-state index in [0.717, 1.165) is 31.5 Å². The predicted octanol–water partition coefficient (Wildman–Crippen LogP) is 3.40. The van der Waals surface area contributed by atoms with Crippen molar-refractivity contribution in [3.05, 3.63) is 23.8 Å². The Morgan fingerprint density at radius 3 is 2.63 bits per heavy atom. The fourth-order valence-electron chi connectivity index (χ4n) is 3.36. The smallest absolute Gasteiger partial charge is 0.387 e. The molecular weight excluding hydrogens is 378 g/mol. The molecule has 0 radical (unpaired) electrons. The first-order valence-electron chi connectivity index (χ1n) is 9.08. The van der Waals surface area contributed by atoms with Crippen LogP contribution in [0.3, 0.4) is 0 Å². The van der Waals surface area contributed by atoms with Crippen LogP contribution in [0, 0.1) is 11.8 Å². The number of alkyl halides is 2. The van der Waals surface area contributed by atoms with Crippen LogP contribution in [0.5, 0.6) is 11.5 Å². The number of hydrogen-bond acceptors (Lipinski definition) is 4. The van der Waals surface area contributed by atoms with Crippen LogP contribution >= 0.6 is 12.4 Å². The van der Waals surface area contributed by atoms with E-state index >= 15 is 0 Å². The number of piperidine rings is 1. The van der Waals surface area contributed by atoms with Crippen molar-refractivity contribution >= 4 is 18.3 Å². The Kier molecular flexibility index (Phi) is 10.4. The van der Waals surface area contributed by atoms with Gasteiger partial charge in [-0.05, 0) is 61.9 Å². The summed E-state index contributed by atoms with van der Waals surface area (Å²) in [7, 11) is 1.40. The van der Waals surface area contributed by atoms with E-state index in [9.17, 15) is 13.6 Å². The van der Waals surface area contributed by atoms with Crippen molar-refractivity contribution in [2.24, 2.45) is 11.8 Å². The number of methoxy groups -OCH3 is 1. The number of nitrogens with one attached hydrogen (secondary N) is 2. The maximum absolute atomic E-state index is 12.5. The number of hydrogen-bond donors (Lipinski definition) is 2. The first-order chi connectivity index (χ1) is 12.5. The van der Waals surface area contributed by atoms with E-state index in [-0.39, 0.29) is 29.8 Å². The molecule has 0 bridgehead atoms. The molecule has 1 amide bonds. The molecule has 8 heteroatoms. The summed E-state index contributed by atoms with van der Waals surface area (Å²) in [6.45, 7) is 1.73. The molecule has 2 rings (SSSR count). The van der Waals surface area contributed by atoms with Crippen molar-refractivity contribution in [1.82, 2.24) is 10.6 Å². The predicted molar refractivity (Wildman–Crippen MR) is 103 cm³/mol. The Labute approximate surface area is 165 Å². The van der Waals surface area contributed by atoms with E-state index < -0.39 is 6.61 Å². The van der Waals surface area contributed by atoms with Crippen LogP contribution in [-0.2, 0) is 11.2 Å². The summed E-state index contributed by atoms with van der Waals surface area (Å²) in [4.78, 5) is 12.1. The molecule has 1 aliphatic rings. The zero-order valence-electron chi connectivity index (χ0n) is 15.8. The van der Waals surface area contributed by atoms with E-state index in [1.54, 1.807) is 12.1 Å². The van der Waals surface area contributed by atoms with Gasteiger partial charge < -0.3 is 20.1 Å². The van der Waals surface area contributed by atoms with Crippen LogP contribution in [0.25, 0.3) is 0 Å². The van der Waals surface area contributed by atoms with Gasteiger partial charge in [-0.2, -0.15) is 8.78 Å². The minimum Gasteiger partial charge on any atom is -0.493 e. The van der Waals surface area contributed by atoms with Crippen LogP contribution in [-0.4, -0.2) is 39.3 Å². The summed E-state index contributed by atoms with van der Waals surface area (Å²) in [5, 5.41) is 6.25. The van der Waals surface area contributed by atoms with Crippen LogP contribution in [0.4, 0.5) is 8.78 Å². The lowest BCUT2D eigenvalue weighted by molar-refractivity contribution is -0.122. The van der Waals surface area contributed by atoms with Crippen molar-refractivity contribution in [2.45, 2.75) is 39.2 Å². The van der Waals surface area contributed by atoms with Gasteiger partial charge >= 0.3 is 6.61 Å². The normalized spacial score (nSPS) is 15.7. The molecule has 1 aliphatic heterocycles. The Bertz CT molecular complexity index is 584. The van der Waals surface area contributed by atoms with Crippen LogP contribution in [0.1, 0.15) is 31.7 Å². The zero-order chi connectivity index (χ0) is 18.9. The number of amides is 1. The molecule has 0 spiro atoms. The van der Waals surface area contributed by atoms with Gasteiger partial charge in [0.25, 0.3) is 0 Å². The van der Waals surface area contributed by atoms with Gasteiger partial charge in [-0.15, -0.1) is 12.4 Å². The number of rotatable bonds is 9. The molecule has 1 aromatic carbocycles. The molecule has 27 heavy (non-hydrogen) atoms. The first-order valence-corrected chi connectivity index (χ1v) is 9.08. The average molecular weight is 407 g/mol. The topological polar surface area (TPSA) is 59.6 Å². The van der Waals surface area contributed by atoms with Crippen LogP contribution in [0.2, 0.25) is 0 Å². The van der Waals surface area contributed by atoms with Crippen molar-refractivity contribution in [3.63, 3.8) is 0 Å². The molecule has 2 N–H and O–H groups in total. The monoisotopic (exact) mass is 406 g/mol. The highest BCUT2D eigenvalue weighted by Crippen LogP contribution is 2.29. The number of halogens is 3. The minimum atomic E-state index is -2.91. The van der Waals surface area contributed by atoms with Gasteiger partial charge in [-0.25, -0.2) is 0 Å². The fourth-order valence-corrected chi connectivity index (χ4v) is 3.36. The lowest BCUT2D eigenvalue weighted by Crippen LogP contribution is -2.34. The number of carbonyl (C=O) groups excluding carboxylic acids is 1. The van der Waals surface area contributed by atoms with Crippen LogP contribution < -0.4 is 20.1 Å². The summed E-state index contributed by atoms with van der Waals surface area (Å²) >= 11 is 0. The molecule has 0 saturated carbocycles. The van der Waals surface area contributed by atoms with Gasteiger partial charge in [0, 0.05) is 13.0 Å². The Morgan fingerprint density at radius 2 is 2.00 bits per heavy atom. The molecule has 5 nitrogen and oxygen atoms in total. The molecular formula is C19H29ClF2N2O3. The number of carbonyl (C=O) groups is 1. The van der Waals surface area contributed by atoms with E-state index in [1.165, 1.54) is 13.2 Å². The van der Waals surface area contributed by atoms with Gasteiger partial charge in [-0.3, -0.25) is 4.79 Å². The van der Waals surface area contributed by atoms with E-state index in [2.05, 4.69) is 22.3 Å². The maximum atomic E-state index is 12.5. The average Bonchev–Trinajstić information content (AvgIpc) is 2.62. The third-order valence-corrected chi connectivity index (χ3v) is 4.88. The Hall–Kier alpha value is -1.60. The third kappa shape index (κ3) is 7.89. The molecule has 1 heterocycles. The van der Waals surface area contributed by atoms with Gasteiger partial charge in [-0.1, -0.05) is 13.0 Å². The highest BCUT2D eigenvalue weighted by molar-refractivity contribution is 5.85. The molecule has 1 unspecified atom stereocenters. The second kappa shape index (κ2) is 12.0. The molecule has 0 aromatic heterocycles. The number of benzene rings is 1. The molecule has 0 aliphatic carbocycles. The van der Waals surface area contributed by atoms with Crippen molar-refractivity contribution < 1.29 is 23.0 Å². The Balaban J connectivity index is 0.00000364. The lowest BCUT2D eigenvalue weighted by Gasteiger charge is -2.27. The second-order valence-electron chi connectivity index (χ2n) is 6.73. The van der Waals surface area contributed by atoms with Crippen molar-refractivity contribution in [3.8, 4) is 11.5 Å². The zero-order valence-corrected chi connectivity index (χ0v) is 16.6. The summed E-state index contributed by atoms with van der Waals surface area (Å²) in [5.74, 6) is 1.26. The Morgan fingerprint density at radius 1 is 1.30 bits per heavy atom. The minimum absolute atomic E-state index is 0. The van der Waals surface area contributed by atoms with E-state index in [0.29, 0.717) is 31.2 Å². The second-order valence-corrected chi connectivity index (χ2v) is 6.73. The summed E-state index contributed by atoms with van der Waals surface area (Å²) in [6, 6.07) is 4.89. The quantitative estimate of drug-likeness (QED) is 0.659. The largest absolute Gasteiger partial charge is 0.493 e. The van der Waals surface area contributed by atoms with Crippen LogP contribution in [0.15, 0.2) is 18.2 Å². The third-order valence-electron chi connectivity index (χ3n) is 4.88. The number of ether oxygens (including phenoxy) is 2. The van der Waals surface area contributed by atoms with Crippen molar-refractivity contribution in [2.75, 3.05) is 26.7 Å². The van der Waals surface area contributed by atoms with Crippen molar-refractivity contribution in [1.29, 1.82) is 0 Å². The van der Waals surface area contributed by atoms with Gasteiger partial charge in [0.1, 0.15) is 0 Å². The SMILES string of the molecule is COc1ccc(CCNC(=O)CC(C)C2CCNCC2)cc1OC(F)F.Cl. The summed E-state index contributed by atoms with van der Waals surface area (Å²) < 4.78 is 34.4. The highest BCUT2D eigenvalue weighted by Gasteiger charge is 2.21. The van der Waals surface area contributed by atoms with Gasteiger partial charge in [0.2, 0.25) is 5.91 Å². The fraction of sp³-hybridized carbons (Fsp3) is 0.632. The molecule has 1 fully saturated rings. The molecule has 1 aromatic rings. The summed E-state index contributed by atoms with van der Waals surface area (Å²) in [5.41, 5.74) is 0.799. The van der Waals surface area contributed by atoms with Gasteiger partial charge in [0.15, 0.2) is 11.5 Å². The molecule has 1 atom stereocenters. The van der Waals surface area contributed by atoms with Gasteiger partial charge in [0.05, 0.1) is 7.11 Å². The molecule has 154 valence electrons. The highest BCUT2D eigenvalue weighted by atomic mass is 35.5. The van der Waals surface area contributed by atoms with E-state index in [1.807, 2.05) is 0 Å². The molecule has 1 saturated heterocycles. The lowest BCUT2D eigenvalue weighted by atomic mass is 9.84. The summed E-state index contributed by atoms with van der Waals surface area (Å²) in [6.07, 6.45) is 3.30. The first kappa shape index (κ1) is 23.4. The van der Waals surface area contributed by atoms with E-state index in [4.69, 9.17) is 4.74 Å². The maximum Gasteiger partial charge on any atom is 0.387 e. The standard InChI is InChI=1S/C19H28F2N2O3.ClH/c1-13(15-6-8-22-9-7-15)11-18(24)23-10-5-14-3-4-16(25-2)17(12-14)26-19(20)21;/h3-4,12-13,15,19,22H,5-11H2,1-2H3,(H,23,24);1H.